The third kappa shape index (κ3) is 3.49. The Kier molecular flexibility index (Phi) is 4.75. The van der Waals surface area contributed by atoms with Gasteiger partial charge in [0.05, 0.1) is 7.11 Å². The Labute approximate surface area is 159 Å². The number of imidazole rings is 1. The summed E-state index contributed by atoms with van der Waals surface area (Å²) in [4.78, 5) is 4.60. The minimum absolute atomic E-state index is 0.767. The minimum atomic E-state index is 0.767. The molecule has 3 nitrogen and oxygen atoms in total. The average molecular weight is 354 g/mol. The third-order valence-corrected chi connectivity index (χ3v) is 4.87. The topological polar surface area (TPSA) is 27.1 Å². The SMILES string of the molecule is COc1cccc(-c2nccn2Cc2c(C)cccc2-c2ccccc2)c1. The zero-order chi connectivity index (χ0) is 18.6. The predicted molar refractivity (Wildman–Crippen MR) is 110 cm³/mol. The van der Waals surface area contributed by atoms with Gasteiger partial charge in [-0.15, -0.1) is 0 Å². The average Bonchev–Trinajstić information content (AvgIpc) is 3.18. The number of ether oxygens (including phenoxy) is 1. The van der Waals surface area contributed by atoms with E-state index in [-0.39, 0.29) is 0 Å². The molecule has 3 aromatic carbocycles. The van der Waals surface area contributed by atoms with Crippen LogP contribution in [0.2, 0.25) is 0 Å². The van der Waals surface area contributed by atoms with Crippen molar-refractivity contribution in [3.63, 3.8) is 0 Å². The molecular weight excluding hydrogens is 332 g/mol. The number of nitrogens with zero attached hydrogens (tertiary/aromatic N) is 2. The molecule has 0 aliphatic carbocycles. The maximum atomic E-state index is 5.37. The molecule has 0 radical (unpaired) electrons. The fourth-order valence-electron chi connectivity index (χ4n) is 3.43. The monoisotopic (exact) mass is 354 g/mol. The van der Waals surface area contributed by atoms with E-state index in [0.29, 0.717) is 0 Å². The van der Waals surface area contributed by atoms with Crippen LogP contribution < -0.4 is 4.74 Å². The van der Waals surface area contributed by atoms with Crippen molar-refractivity contribution in [3.05, 3.63) is 96.3 Å². The molecule has 3 heteroatoms. The van der Waals surface area contributed by atoms with Crippen LogP contribution in [0.25, 0.3) is 22.5 Å². The van der Waals surface area contributed by atoms with Gasteiger partial charge in [0.15, 0.2) is 0 Å². The second kappa shape index (κ2) is 7.50. The van der Waals surface area contributed by atoms with Crippen molar-refractivity contribution in [1.82, 2.24) is 9.55 Å². The molecule has 0 saturated carbocycles. The number of rotatable bonds is 5. The molecule has 0 bridgehead atoms. The number of benzene rings is 3. The lowest BCUT2D eigenvalue weighted by Gasteiger charge is -2.15. The maximum absolute atomic E-state index is 5.37. The van der Waals surface area contributed by atoms with E-state index >= 15 is 0 Å². The van der Waals surface area contributed by atoms with E-state index in [1.165, 1.54) is 22.3 Å². The predicted octanol–water partition coefficient (Wildman–Crippen LogP) is 5.58. The third-order valence-electron chi connectivity index (χ3n) is 4.87. The lowest BCUT2D eigenvalue weighted by molar-refractivity contribution is 0.415. The standard InChI is InChI=1S/C24H22N2O/c1-18-8-6-13-22(19-9-4-3-5-10-19)23(18)17-26-15-14-25-24(26)20-11-7-12-21(16-20)27-2/h3-16H,17H2,1-2H3. The maximum Gasteiger partial charge on any atom is 0.140 e. The van der Waals surface area contributed by atoms with Crippen LogP contribution in [-0.2, 0) is 6.54 Å². The van der Waals surface area contributed by atoms with Gasteiger partial charge in [0.25, 0.3) is 0 Å². The van der Waals surface area contributed by atoms with Crippen LogP contribution in [0.5, 0.6) is 5.75 Å². The van der Waals surface area contributed by atoms with Crippen molar-refractivity contribution in [3.8, 4) is 28.3 Å². The van der Waals surface area contributed by atoms with E-state index in [9.17, 15) is 0 Å². The van der Waals surface area contributed by atoms with Crippen LogP contribution in [-0.4, -0.2) is 16.7 Å². The van der Waals surface area contributed by atoms with E-state index in [4.69, 9.17) is 4.74 Å². The van der Waals surface area contributed by atoms with Gasteiger partial charge in [-0.05, 0) is 41.3 Å². The van der Waals surface area contributed by atoms with Gasteiger partial charge in [-0.25, -0.2) is 4.98 Å². The summed E-state index contributed by atoms with van der Waals surface area (Å²) in [5.74, 6) is 1.78. The molecule has 0 saturated heterocycles. The highest BCUT2D eigenvalue weighted by molar-refractivity contribution is 5.69. The molecule has 4 aromatic rings. The molecule has 134 valence electrons. The van der Waals surface area contributed by atoms with Crippen LogP contribution >= 0.6 is 0 Å². The van der Waals surface area contributed by atoms with Crippen LogP contribution in [0.4, 0.5) is 0 Å². The van der Waals surface area contributed by atoms with Gasteiger partial charge >= 0.3 is 0 Å². The number of hydrogen-bond donors (Lipinski definition) is 0. The van der Waals surface area contributed by atoms with E-state index < -0.39 is 0 Å². The zero-order valence-corrected chi connectivity index (χ0v) is 15.6. The first kappa shape index (κ1) is 17.1. The van der Waals surface area contributed by atoms with Gasteiger partial charge in [-0.1, -0.05) is 60.7 Å². The number of hydrogen-bond acceptors (Lipinski definition) is 2. The molecule has 1 heterocycles. The summed E-state index contributed by atoms with van der Waals surface area (Å²) in [6, 6.07) is 25.1. The van der Waals surface area contributed by atoms with E-state index in [0.717, 1.165) is 23.7 Å². The molecule has 0 fully saturated rings. The molecule has 0 atom stereocenters. The highest BCUT2D eigenvalue weighted by Crippen LogP contribution is 2.29. The minimum Gasteiger partial charge on any atom is -0.497 e. The Hall–Kier alpha value is -3.33. The molecule has 4 rings (SSSR count). The van der Waals surface area contributed by atoms with Crippen molar-refractivity contribution in [2.75, 3.05) is 7.11 Å². The van der Waals surface area contributed by atoms with Gasteiger partial charge in [0.2, 0.25) is 0 Å². The largest absolute Gasteiger partial charge is 0.497 e. The number of aromatic nitrogens is 2. The first-order valence-electron chi connectivity index (χ1n) is 9.06. The smallest absolute Gasteiger partial charge is 0.140 e. The lowest BCUT2D eigenvalue weighted by Crippen LogP contribution is -2.04. The molecule has 1 aromatic heterocycles. The highest BCUT2D eigenvalue weighted by Gasteiger charge is 2.12. The van der Waals surface area contributed by atoms with Crippen molar-refractivity contribution in [2.45, 2.75) is 13.5 Å². The first-order chi connectivity index (χ1) is 13.3. The summed E-state index contributed by atoms with van der Waals surface area (Å²) in [6.07, 6.45) is 3.89. The summed E-state index contributed by atoms with van der Waals surface area (Å²) in [6.45, 7) is 2.94. The van der Waals surface area contributed by atoms with E-state index in [1.54, 1.807) is 7.11 Å². The fourth-order valence-corrected chi connectivity index (χ4v) is 3.43. The Bertz CT molecular complexity index is 1050. The first-order valence-corrected chi connectivity index (χ1v) is 9.06. The fraction of sp³-hybridized carbons (Fsp3) is 0.125. The Morgan fingerprint density at radius 1 is 0.889 bits per heavy atom. The van der Waals surface area contributed by atoms with Gasteiger partial charge in [0, 0.05) is 24.5 Å². The Morgan fingerprint density at radius 3 is 2.48 bits per heavy atom. The van der Waals surface area contributed by atoms with Gasteiger partial charge < -0.3 is 9.30 Å². The summed E-state index contributed by atoms with van der Waals surface area (Å²) < 4.78 is 7.57. The second-order valence-electron chi connectivity index (χ2n) is 6.58. The summed E-state index contributed by atoms with van der Waals surface area (Å²) in [5.41, 5.74) is 6.14. The van der Waals surface area contributed by atoms with Gasteiger partial charge in [0.1, 0.15) is 11.6 Å². The zero-order valence-electron chi connectivity index (χ0n) is 15.6. The normalized spacial score (nSPS) is 10.7. The van der Waals surface area contributed by atoms with Crippen LogP contribution in [0.15, 0.2) is 85.2 Å². The Morgan fingerprint density at radius 2 is 1.67 bits per heavy atom. The molecule has 0 aliphatic rings. The van der Waals surface area contributed by atoms with E-state index in [1.807, 2.05) is 30.6 Å². The van der Waals surface area contributed by atoms with Gasteiger partial charge in [-0.3, -0.25) is 0 Å². The summed E-state index contributed by atoms with van der Waals surface area (Å²) in [5, 5.41) is 0. The Balaban J connectivity index is 1.76. The molecule has 0 amide bonds. The molecule has 0 aliphatic heterocycles. The van der Waals surface area contributed by atoms with Crippen LogP contribution in [0, 0.1) is 6.92 Å². The molecule has 27 heavy (non-hydrogen) atoms. The highest BCUT2D eigenvalue weighted by atomic mass is 16.5. The van der Waals surface area contributed by atoms with Crippen LogP contribution in [0.1, 0.15) is 11.1 Å². The molecule has 0 unspecified atom stereocenters. The second-order valence-corrected chi connectivity index (χ2v) is 6.58. The molecule has 0 spiro atoms. The van der Waals surface area contributed by atoms with Crippen molar-refractivity contribution in [2.24, 2.45) is 0 Å². The number of methoxy groups -OCH3 is 1. The van der Waals surface area contributed by atoms with E-state index in [2.05, 4.69) is 71.1 Å². The lowest BCUT2D eigenvalue weighted by atomic mass is 9.96. The van der Waals surface area contributed by atoms with Gasteiger partial charge in [-0.2, -0.15) is 0 Å². The molecular formula is C24H22N2O. The number of aryl methyl sites for hydroxylation is 1. The van der Waals surface area contributed by atoms with Crippen molar-refractivity contribution in [1.29, 1.82) is 0 Å². The quantitative estimate of drug-likeness (QED) is 0.468. The summed E-state index contributed by atoms with van der Waals surface area (Å²) >= 11 is 0. The van der Waals surface area contributed by atoms with Crippen molar-refractivity contribution >= 4 is 0 Å². The van der Waals surface area contributed by atoms with Crippen LogP contribution in [0.3, 0.4) is 0 Å². The summed E-state index contributed by atoms with van der Waals surface area (Å²) in [7, 11) is 1.69. The molecule has 0 N–H and O–H groups in total. The van der Waals surface area contributed by atoms with Crippen molar-refractivity contribution < 1.29 is 4.74 Å².